The maximum atomic E-state index is 9.12. The van der Waals surface area contributed by atoms with Gasteiger partial charge in [0.25, 0.3) is 0 Å². The minimum atomic E-state index is -0.342. The molecule has 0 aromatic carbocycles. The fraction of sp³-hybridized carbons (Fsp3) is 0.700. The highest BCUT2D eigenvalue weighted by Gasteiger charge is 2.12. The maximum Gasteiger partial charge on any atom is 0.131 e. The van der Waals surface area contributed by atoms with Crippen LogP contribution in [0, 0.1) is 0 Å². The van der Waals surface area contributed by atoms with E-state index in [9.17, 15) is 0 Å². The number of hydrogen-bond acceptors (Lipinski definition) is 3. The topological polar surface area (TPSA) is 50.1 Å². The molecule has 1 aromatic heterocycles. The zero-order valence-electron chi connectivity index (χ0n) is 9.42. The van der Waals surface area contributed by atoms with Crippen LogP contribution in [0.15, 0.2) is 0 Å². The van der Waals surface area contributed by atoms with Crippen molar-refractivity contribution in [2.24, 2.45) is 7.05 Å². The zero-order chi connectivity index (χ0) is 11.4. The highest BCUT2D eigenvalue weighted by molar-refractivity contribution is 6.30. The number of nitrogens with zero attached hydrogens (tertiary/aromatic N) is 2. The Kier molecular flexibility index (Phi) is 4.57. The van der Waals surface area contributed by atoms with Gasteiger partial charge in [-0.05, 0) is 13.3 Å². The minimum absolute atomic E-state index is 0.342. The van der Waals surface area contributed by atoms with Gasteiger partial charge in [0.15, 0.2) is 0 Å². The van der Waals surface area contributed by atoms with Crippen LogP contribution in [0.2, 0.25) is 5.15 Å². The lowest BCUT2D eigenvalue weighted by atomic mass is 10.2. The molecule has 2 N–H and O–H groups in total. The molecule has 0 spiro atoms. The molecular weight excluding hydrogens is 214 g/mol. The largest absolute Gasteiger partial charge is 0.392 e. The molecule has 1 aromatic rings. The standard InChI is InChI=1S/C10H18ClN3O/c1-4-9-8(6-12-5-7(2)15)10(11)14(3)13-9/h7,12,15H,4-6H2,1-3H3/t7-/m1/s1. The molecule has 0 aliphatic rings. The molecule has 1 rings (SSSR count). The first-order chi connectivity index (χ1) is 7.06. The molecule has 86 valence electrons. The number of halogens is 1. The molecule has 0 saturated heterocycles. The second-order valence-corrected chi connectivity index (χ2v) is 4.03. The Bertz CT molecular complexity index is 323. The predicted molar refractivity (Wildman–Crippen MR) is 61.0 cm³/mol. The first kappa shape index (κ1) is 12.5. The molecular formula is C10H18ClN3O. The van der Waals surface area contributed by atoms with Crippen molar-refractivity contribution < 1.29 is 5.11 Å². The third kappa shape index (κ3) is 3.19. The van der Waals surface area contributed by atoms with Gasteiger partial charge in [0.1, 0.15) is 5.15 Å². The summed E-state index contributed by atoms with van der Waals surface area (Å²) in [6, 6.07) is 0. The number of aromatic nitrogens is 2. The SMILES string of the molecule is CCc1nn(C)c(Cl)c1CNC[C@@H](C)O. The Morgan fingerprint density at radius 2 is 2.27 bits per heavy atom. The summed E-state index contributed by atoms with van der Waals surface area (Å²) in [7, 11) is 1.83. The average Bonchev–Trinajstić information content (AvgIpc) is 2.44. The van der Waals surface area contributed by atoms with Gasteiger partial charge < -0.3 is 10.4 Å². The summed E-state index contributed by atoms with van der Waals surface area (Å²) in [5, 5.41) is 17.2. The van der Waals surface area contributed by atoms with Crippen LogP contribution in [-0.2, 0) is 20.0 Å². The van der Waals surface area contributed by atoms with Crippen molar-refractivity contribution in [1.29, 1.82) is 0 Å². The van der Waals surface area contributed by atoms with Crippen LogP contribution in [0.25, 0.3) is 0 Å². The third-order valence-corrected chi connectivity index (χ3v) is 2.70. The fourth-order valence-electron chi connectivity index (χ4n) is 1.46. The molecule has 0 fully saturated rings. The van der Waals surface area contributed by atoms with E-state index in [1.165, 1.54) is 0 Å². The lowest BCUT2D eigenvalue weighted by molar-refractivity contribution is 0.191. The van der Waals surface area contributed by atoms with Crippen molar-refractivity contribution in [1.82, 2.24) is 15.1 Å². The molecule has 0 radical (unpaired) electrons. The van der Waals surface area contributed by atoms with E-state index in [0.29, 0.717) is 18.2 Å². The van der Waals surface area contributed by atoms with Gasteiger partial charge in [0.2, 0.25) is 0 Å². The van der Waals surface area contributed by atoms with Crippen LogP contribution in [0.4, 0.5) is 0 Å². The molecule has 0 aliphatic carbocycles. The summed E-state index contributed by atoms with van der Waals surface area (Å²) in [6.07, 6.45) is 0.525. The zero-order valence-corrected chi connectivity index (χ0v) is 10.2. The number of aliphatic hydroxyl groups excluding tert-OH is 1. The van der Waals surface area contributed by atoms with Crippen molar-refractivity contribution in [3.63, 3.8) is 0 Å². The number of aryl methyl sites for hydroxylation is 2. The quantitative estimate of drug-likeness (QED) is 0.798. The van der Waals surface area contributed by atoms with E-state index in [-0.39, 0.29) is 6.10 Å². The summed E-state index contributed by atoms with van der Waals surface area (Å²) in [4.78, 5) is 0. The lowest BCUT2D eigenvalue weighted by Crippen LogP contribution is -2.24. The fourth-order valence-corrected chi connectivity index (χ4v) is 1.68. The lowest BCUT2D eigenvalue weighted by Gasteiger charge is -2.06. The maximum absolute atomic E-state index is 9.12. The van der Waals surface area contributed by atoms with Crippen molar-refractivity contribution >= 4 is 11.6 Å². The van der Waals surface area contributed by atoms with E-state index in [1.54, 1.807) is 11.6 Å². The summed E-state index contributed by atoms with van der Waals surface area (Å²) in [5.41, 5.74) is 2.04. The number of rotatable bonds is 5. The molecule has 1 heterocycles. The molecule has 0 amide bonds. The summed E-state index contributed by atoms with van der Waals surface area (Å²) >= 11 is 6.11. The minimum Gasteiger partial charge on any atom is -0.392 e. The molecule has 1 atom stereocenters. The molecule has 0 aliphatic heterocycles. The van der Waals surface area contributed by atoms with E-state index in [1.807, 2.05) is 7.05 Å². The summed E-state index contributed by atoms with van der Waals surface area (Å²) in [6.45, 7) is 5.02. The Labute approximate surface area is 95.2 Å². The van der Waals surface area contributed by atoms with Gasteiger partial charge in [-0.25, -0.2) is 0 Å². The molecule has 15 heavy (non-hydrogen) atoms. The Hall–Kier alpha value is -0.580. The summed E-state index contributed by atoms with van der Waals surface area (Å²) < 4.78 is 1.68. The Morgan fingerprint density at radius 3 is 2.80 bits per heavy atom. The van der Waals surface area contributed by atoms with Gasteiger partial charge >= 0.3 is 0 Å². The third-order valence-electron chi connectivity index (χ3n) is 2.23. The van der Waals surface area contributed by atoms with Gasteiger partial charge in [-0.1, -0.05) is 18.5 Å². The van der Waals surface area contributed by atoms with Crippen LogP contribution in [0.5, 0.6) is 0 Å². The molecule has 5 heteroatoms. The molecule has 0 unspecified atom stereocenters. The van der Waals surface area contributed by atoms with E-state index < -0.39 is 0 Å². The Morgan fingerprint density at radius 1 is 1.60 bits per heavy atom. The molecule has 0 bridgehead atoms. The van der Waals surface area contributed by atoms with Gasteiger partial charge in [-0.15, -0.1) is 0 Å². The van der Waals surface area contributed by atoms with Gasteiger partial charge in [0, 0.05) is 25.7 Å². The Balaban J connectivity index is 2.66. The predicted octanol–water partition coefficient (Wildman–Crippen LogP) is 1.11. The van der Waals surface area contributed by atoms with Gasteiger partial charge in [-0.3, -0.25) is 4.68 Å². The first-order valence-corrected chi connectivity index (χ1v) is 5.53. The highest BCUT2D eigenvalue weighted by Crippen LogP contribution is 2.19. The van der Waals surface area contributed by atoms with Crippen LogP contribution >= 0.6 is 11.6 Å². The van der Waals surface area contributed by atoms with E-state index >= 15 is 0 Å². The molecule has 0 saturated carbocycles. The van der Waals surface area contributed by atoms with Gasteiger partial charge in [0.05, 0.1) is 11.8 Å². The highest BCUT2D eigenvalue weighted by atomic mass is 35.5. The smallest absolute Gasteiger partial charge is 0.131 e. The monoisotopic (exact) mass is 231 g/mol. The van der Waals surface area contributed by atoms with E-state index in [2.05, 4.69) is 17.3 Å². The molecule has 4 nitrogen and oxygen atoms in total. The number of hydrogen-bond donors (Lipinski definition) is 2. The number of aliphatic hydroxyl groups is 1. The van der Waals surface area contributed by atoms with Gasteiger partial charge in [-0.2, -0.15) is 5.10 Å². The van der Waals surface area contributed by atoms with Crippen molar-refractivity contribution in [3.8, 4) is 0 Å². The number of nitrogens with one attached hydrogen (secondary N) is 1. The van der Waals surface area contributed by atoms with Crippen molar-refractivity contribution in [2.75, 3.05) is 6.54 Å². The average molecular weight is 232 g/mol. The van der Waals surface area contributed by atoms with Crippen LogP contribution in [-0.4, -0.2) is 27.5 Å². The van der Waals surface area contributed by atoms with E-state index in [0.717, 1.165) is 17.7 Å². The van der Waals surface area contributed by atoms with Crippen molar-refractivity contribution in [2.45, 2.75) is 32.9 Å². The van der Waals surface area contributed by atoms with E-state index in [4.69, 9.17) is 16.7 Å². The second-order valence-electron chi connectivity index (χ2n) is 3.67. The van der Waals surface area contributed by atoms with Crippen LogP contribution < -0.4 is 5.32 Å². The van der Waals surface area contributed by atoms with Crippen LogP contribution in [0.1, 0.15) is 25.1 Å². The summed E-state index contributed by atoms with van der Waals surface area (Å²) in [5.74, 6) is 0. The second kappa shape index (κ2) is 5.49. The van der Waals surface area contributed by atoms with Crippen molar-refractivity contribution in [3.05, 3.63) is 16.4 Å². The first-order valence-electron chi connectivity index (χ1n) is 5.15. The normalized spacial score (nSPS) is 13.1. The van der Waals surface area contributed by atoms with Crippen LogP contribution in [0.3, 0.4) is 0 Å².